The van der Waals surface area contributed by atoms with E-state index in [1.165, 1.54) is 165 Å². The minimum absolute atomic E-state index is 0.0902. The lowest BCUT2D eigenvalue weighted by Gasteiger charge is -2.39. The highest BCUT2D eigenvalue weighted by molar-refractivity contribution is 7.99. The summed E-state index contributed by atoms with van der Waals surface area (Å²) in [5.41, 5.74) is 34.6. The minimum Gasteiger partial charge on any atom is -0.453 e. The van der Waals surface area contributed by atoms with Gasteiger partial charge < -0.3 is 19.4 Å². The van der Waals surface area contributed by atoms with Crippen LogP contribution in [-0.4, -0.2) is 5.54 Å². The maximum Gasteiger partial charge on any atom is 0.151 e. The smallest absolute Gasteiger partial charge is 0.151 e. The monoisotopic (exact) mass is 1910 g/mol. The Labute approximate surface area is 867 Å². The molecule has 0 unspecified atom stereocenters. The van der Waals surface area contributed by atoms with Crippen LogP contribution in [0.1, 0.15) is 152 Å². The average molecular weight is 1910 g/mol. The van der Waals surface area contributed by atoms with Gasteiger partial charge in [-0.25, -0.2) is 0 Å². The van der Waals surface area contributed by atoms with E-state index >= 15 is 0 Å². The van der Waals surface area contributed by atoms with Crippen LogP contribution >= 0.6 is 11.8 Å². The van der Waals surface area contributed by atoms with Crippen molar-refractivity contribution in [2.75, 3.05) is 14.7 Å². The molecule has 0 spiro atoms. The third kappa shape index (κ3) is 24.5. The summed E-state index contributed by atoms with van der Waals surface area (Å²) >= 11 is 1.87. The molecule has 0 atom stereocenters. The predicted molar refractivity (Wildman–Crippen MR) is 627 cm³/mol. The van der Waals surface area contributed by atoms with Crippen LogP contribution < -0.4 is 19.4 Å². The molecule has 0 saturated carbocycles. The zero-order chi connectivity index (χ0) is 102. The van der Waals surface area contributed by atoms with E-state index in [0.29, 0.717) is 0 Å². The second kappa shape index (κ2) is 44.1. The van der Waals surface area contributed by atoms with Crippen molar-refractivity contribution in [3.8, 4) is 89.4 Å². The van der Waals surface area contributed by atoms with Gasteiger partial charge in [0.2, 0.25) is 0 Å². The van der Waals surface area contributed by atoms with Gasteiger partial charge in [0.1, 0.15) is 0 Å². The highest BCUT2D eigenvalue weighted by atomic mass is 32.2. The number of ether oxygens (including phenoxy) is 1. The summed E-state index contributed by atoms with van der Waals surface area (Å²) in [5, 5.41) is 5.20. The second-order valence-corrected chi connectivity index (χ2v) is 44.8. The molecule has 2 aliphatic rings. The maximum absolute atomic E-state index is 6.22. The molecular formula is C140H135N3OS. The van der Waals surface area contributed by atoms with Gasteiger partial charge in [-0.15, -0.1) is 0 Å². The van der Waals surface area contributed by atoms with Gasteiger partial charge >= 0.3 is 0 Å². The Morgan fingerprint density at radius 3 is 1.10 bits per heavy atom. The number of anilines is 8. The van der Waals surface area contributed by atoms with Crippen molar-refractivity contribution < 1.29 is 4.74 Å². The van der Waals surface area contributed by atoms with Crippen LogP contribution in [0.15, 0.2) is 501 Å². The average Bonchev–Trinajstić information content (AvgIpc) is 0.755. The molecule has 22 rings (SSSR count). The quantitative estimate of drug-likeness (QED) is 0.128. The van der Waals surface area contributed by atoms with E-state index in [9.17, 15) is 0 Å². The highest BCUT2D eigenvalue weighted by Crippen LogP contribution is 2.55. The van der Waals surface area contributed by atoms with E-state index in [2.05, 4.69) is 606 Å². The topological polar surface area (TPSA) is 19.0 Å². The molecule has 0 fully saturated rings. The number of hydrogen-bond acceptors (Lipinski definition) is 5. The van der Waals surface area contributed by atoms with Crippen molar-refractivity contribution in [3.05, 3.63) is 519 Å². The fourth-order valence-corrected chi connectivity index (χ4v) is 20.0. The molecule has 2 aliphatic heterocycles. The van der Waals surface area contributed by atoms with Gasteiger partial charge in [-0.1, -0.05) is 504 Å². The first-order chi connectivity index (χ1) is 69.7. The minimum atomic E-state index is -0.0935. The van der Waals surface area contributed by atoms with Crippen molar-refractivity contribution in [3.63, 3.8) is 0 Å². The van der Waals surface area contributed by atoms with Crippen molar-refractivity contribution in [2.24, 2.45) is 0 Å². The number of para-hydroxylation sites is 6. The molecule has 0 radical (unpaired) electrons. The van der Waals surface area contributed by atoms with Gasteiger partial charge in [0.15, 0.2) is 11.5 Å². The standard InChI is InChI=1S/C34H31N.C22H21NO.C22H21NS.C22H22.2C20H20/c1-34(2,3)35(33-17-11-10-16-32(33)30-14-8-5-9-15-30)31-24-22-29(23-25-31)28-20-18-27(19-21-28)26-12-6-4-7-13-26;2*1-22(2,3)16-13-14-19-21(15-16)24-20-12-8-7-11-18(20)23(19)17-9-5-4-6-10-17;1-22(2,3)21-15-14-19(17-10-6-4-7-11-17)16-20(21)18-12-8-5-9-13-18;1-20(2,3)17-13-11-16(12-14-17)19-10-6-8-15-7-4-5-9-18(15)19;1-20(2,3)19-12-10-16(11-13-19)18-9-8-15-6-4-5-7-17(15)14-18/h4-25H,1-3H3;2*4-15H,1-3H3;4-16H,1-3H3;2*4-14H,1-3H3. The van der Waals surface area contributed by atoms with Gasteiger partial charge in [0, 0.05) is 43.6 Å². The lowest BCUT2D eigenvalue weighted by molar-refractivity contribution is 0.473. The SMILES string of the molecule is CC(C)(C)N(c1ccc(-c2ccc(-c3ccccc3)cc2)cc1)c1ccccc1-c1ccccc1.CC(C)(C)c1ccc(-c2ccc3ccccc3c2)cc1.CC(C)(C)c1ccc(-c2cccc3ccccc23)cc1.CC(C)(C)c1ccc(-c2ccccc2)cc1-c1ccccc1.CC(C)(C)c1ccc2c(c1)Oc1ccccc1N2c1ccccc1.CC(C)(C)c1ccc2c(c1)Sc1ccccc1N2c1ccccc1. The van der Waals surface area contributed by atoms with Crippen LogP contribution in [0.2, 0.25) is 0 Å². The number of nitrogens with zero attached hydrogens (tertiary/aromatic N) is 3. The van der Waals surface area contributed by atoms with Crippen LogP contribution in [-0.2, 0) is 27.1 Å². The third-order valence-electron chi connectivity index (χ3n) is 26.9. The Balaban J connectivity index is 0.000000121. The predicted octanol–water partition coefficient (Wildman–Crippen LogP) is 41.0. The van der Waals surface area contributed by atoms with E-state index in [0.717, 1.165) is 28.6 Å². The van der Waals surface area contributed by atoms with Gasteiger partial charge in [-0.3, -0.25) is 0 Å². The molecule has 145 heavy (non-hydrogen) atoms. The highest BCUT2D eigenvalue weighted by Gasteiger charge is 2.32. The molecule has 20 aromatic carbocycles. The Bertz CT molecular complexity index is 7550. The molecule has 20 aromatic rings. The van der Waals surface area contributed by atoms with Crippen molar-refractivity contribution in [1.29, 1.82) is 0 Å². The van der Waals surface area contributed by atoms with Crippen LogP contribution in [0, 0.1) is 0 Å². The fourth-order valence-electron chi connectivity index (χ4n) is 18.9. The third-order valence-corrected chi connectivity index (χ3v) is 28.0. The van der Waals surface area contributed by atoms with Crippen LogP contribution in [0.3, 0.4) is 0 Å². The summed E-state index contributed by atoms with van der Waals surface area (Å²) < 4.78 is 6.22. The molecule has 5 heteroatoms. The summed E-state index contributed by atoms with van der Waals surface area (Å²) in [6, 6.07) is 175. The van der Waals surface area contributed by atoms with Crippen molar-refractivity contribution in [2.45, 2.75) is 167 Å². The zero-order valence-electron chi connectivity index (χ0n) is 87.4. The first kappa shape index (κ1) is 101. The summed E-state index contributed by atoms with van der Waals surface area (Å²) in [7, 11) is 0. The Morgan fingerprint density at radius 1 is 0.207 bits per heavy atom. The summed E-state index contributed by atoms with van der Waals surface area (Å²) in [6.07, 6.45) is 0. The van der Waals surface area contributed by atoms with E-state index in [1.54, 1.807) is 0 Å². The van der Waals surface area contributed by atoms with Crippen LogP contribution in [0.25, 0.3) is 99.4 Å². The second-order valence-electron chi connectivity index (χ2n) is 43.7. The summed E-state index contributed by atoms with van der Waals surface area (Å²) in [6.45, 7) is 40.6. The van der Waals surface area contributed by atoms with E-state index in [-0.39, 0.29) is 32.6 Å². The van der Waals surface area contributed by atoms with Crippen molar-refractivity contribution in [1.82, 2.24) is 0 Å². The first-order valence-corrected chi connectivity index (χ1v) is 51.7. The van der Waals surface area contributed by atoms with Crippen LogP contribution in [0.4, 0.5) is 45.5 Å². The largest absolute Gasteiger partial charge is 0.453 e. The summed E-state index contributed by atoms with van der Waals surface area (Å²) in [4.78, 5) is 9.70. The molecule has 4 nitrogen and oxygen atoms in total. The Kier molecular flexibility index (Phi) is 30.7. The summed E-state index contributed by atoms with van der Waals surface area (Å²) in [5.74, 6) is 1.80. The maximum atomic E-state index is 6.22. The number of fused-ring (bicyclic) bond motifs is 6. The molecule has 0 aromatic heterocycles. The van der Waals surface area contributed by atoms with E-state index < -0.39 is 0 Å². The molecular weight excluding hydrogens is 1770 g/mol. The normalized spacial score (nSPS) is 12.1. The number of benzene rings is 20. The van der Waals surface area contributed by atoms with Crippen LogP contribution in [0.5, 0.6) is 11.5 Å². The molecule has 0 N–H and O–H groups in total. The fraction of sp³-hybridized carbons (Fsp3) is 0.171. The zero-order valence-corrected chi connectivity index (χ0v) is 88.2. The molecule has 0 bridgehead atoms. The van der Waals surface area contributed by atoms with E-state index in [4.69, 9.17) is 4.74 Å². The Hall–Kier alpha value is -15.5. The Morgan fingerprint density at radius 2 is 0.559 bits per heavy atom. The van der Waals surface area contributed by atoms with Crippen molar-refractivity contribution >= 4 is 78.8 Å². The number of rotatable bonds is 11. The molecule has 722 valence electrons. The first-order valence-electron chi connectivity index (χ1n) is 50.9. The lowest BCUT2D eigenvalue weighted by Crippen LogP contribution is -2.37. The molecule has 0 saturated heterocycles. The number of hydrogen-bond donors (Lipinski definition) is 0. The van der Waals surface area contributed by atoms with Gasteiger partial charge in [0.05, 0.1) is 22.7 Å². The van der Waals surface area contributed by atoms with E-state index in [1.807, 2.05) is 36.0 Å². The van der Waals surface area contributed by atoms with Gasteiger partial charge in [-0.2, -0.15) is 0 Å². The molecule has 2 heterocycles. The van der Waals surface area contributed by atoms with Gasteiger partial charge in [-0.05, 0) is 273 Å². The van der Waals surface area contributed by atoms with Gasteiger partial charge in [0.25, 0.3) is 0 Å². The lowest BCUT2D eigenvalue weighted by atomic mass is 9.80. The molecule has 0 aliphatic carbocycles. The molecule has 0 amide bonds.